The van der Waals surface area contributed by atoms with Crippen molar-refractivity contribution in [3.63, 3.8) is 0 Å². The number of carbonyl (C=O) groups excluding carboxylic acids is 1. The topological polar surface area (TPSA) is 115 Å². The zero-order valence-electron chi connectivity index (χ0n) is 11.8. The number of hydrogen-bond acceptors (Lipinski definition) is 5. The van der Waals surface area contributed by atoms with Gasteiger partial charge in [0, 0.05) is 5.69 Å². The Bertz CT molecular complexity index is 789. The Morgan fingerprint density at radius 3 is 2.48 bits per heavy atom. The fourth-order valence-electron chi connectivity index (χ4n) is 1.99. The van der Waals surface area contributed by atoms with Gasteiger partial charge in [-0.1, -0.05) is 11.2 Å². The normalized spacial score (nSPS) is 11.4. The summed E-state index contributed by atoms with van der Waals surface area (Å²) in [4.78, 5) is 12.1. The Morgan fingerprint density at radius 2 is 1.95 bits per heavy atom. The summed E-state index contributed by atoms with van der Waals surface area (Å²) in [5, 5.41) is 11.4. The Hall–Kier alpha value is -2.19. The van der Waals surface area contributed by atoms with Crippen molar-refractivity contribution < 1.29 is 17.7 Å². The van der Waals surface area contributed by atoms with Gasteiger partial charge in [-0.25, -0.2) is 13.6 Å². The van der Waals surface area contributed by atoms with E-state index in [-0.39, 0.29) is 4.90 Å². The number of amides is 1. The predicted molar refractivity (Wildman–Crippen MR) is 76.5 cm³/mol. The molecule has 1 amide bonds. The maximum atomic E-state index is 12.2. The van der Waals surface area contributed by atoms with Gasteiger partial charge in [-0.3, -0.25) is 4.79 Å². The summed E-state index contributed by atoms with van der Waals surface area (Å²) in [6, 6.07) is 4.49. The third-order valence-electron chi connectivity index (χ3n) is 3.01. The molecule has 0 aliphatic rings. The Balaban J connectivity index is 2.35. The van der Waals surface area contributed by atoms with E-state index in [4.69, 9.17) is 9.66 Å². The smallest absolute Gasteiger partial charge is 0.261 e. The van der Waals surface area contributed by atoms with Gasteiger partial charge in [-0.05, 0) is 38.5 Å². The minimum atomic E-state index is -3.84. The van der Waals surface area contributed by atoms with Gasteiger partial charge < -0.3 is 9.84 Å². The maximum absolute atomic E-state index is 12.2. The number of rotatable bonds is 3. The number of primary sulfonamides is 1. The molecule has 0 aliphatic heterocycles. The van der Waals surface area contributed by atoms with Crippen LogP contribution in [0.1, 0.15) is 27.4 Å². The van der Waals surface area contributed by atoms with E-state index in [0.717, 1.165) is 0 Å². The highest BCUT2D eigenvalue weighted by Crippen LogP contribution is 2.21. The molecule has 1 aromatic carbocycles. The van der Waals surface area contributed by atoms with E-state index in [2.05, 4.69) is 10.5 Å². The largest absolute Gasteiger partial charge is 0.361 e. The van der Waals surface area contributed by atoms with Crippen molar-refractivity contribution in [3.8, 4) is 0 Å². The Labute approximate surface area is 122 Å². The Morgan fingerprint density at radius 1 is 1.29 bits per heavy atom. The van der Waals surface area contributed by atoms with Gasteiger partial charge in [-0.15, -0.1) is 0 Å². The molecule has 0 fully saturated rings. The van der Waals surface area contributed by atoms with Crippen LogP contribution in [0.2, 0.25) is 0 Å². The molecule has 0 saturated carbocycles. The van der Waals surface area contributed by atoms with Gasteiger partial charge in [0.1, 0.15) is 11.3 Å². The molecule has 0 aliphatic carbocycles. The molecule has 3 N–H and O–H groups in total. The number of aryl methyl sites for hydroxylation is 3. The quantitative estimate of drug-likeness (QED) is 0.891. The monoisotopic (exact) mass is 309 g/mol. The second-order valence-electron chi connectivity index (χ2n) is 4.68. The fraction of sp³-hybridized carbons (Fsp3) is 0.231. The third-order valence-corrected chi connectivity index (χ3v) is 4.07. The van der Waals surface area contributed by atoms with E-state index in [0.29, 0.717) is 28.3 Å². The molecule has 1 heterocycles. The van der Waals surface area contributed by atoms with Crippen molar-refractivity contribution >= 4 is 21.6 Å². The van der Waals surface area contributed by atoms with E-state index in [1.54, 1.807) is 32.9 Å². The van der Waals surface area contributed by atoms with Gasteiger partial charge in [0.15, 0.2) is 0 Å². The van der Waals surface area contributed by atoms with Crippen LogP contribution >= 0.6 is 0 Å². The molecule has 7 nitrogen and oxygen atoms in total. The van der Waals surface area contributed by atoms with E-state index in [9.17, 15) is 13.2 Å². The molecule has 0 saturated heterocycles. The summed E-state index contributed by atoms with van der Waals surface area (Å²) in [6.45, 7) is 4.90. The third kappa shape index (κ3) is 3.11. The van der Waals surface area contributed by atoms with Crippen molar-refractivity contribution in [2.75, 3.05) is 5.32 Å². The summed E-state index contributed by atoms with van der Waals surface area (Å²) in [6.07, 6.45) is 0. The van der Waals surface area contributed by atoms with Crippen molar-refractivity contribution in [3.05, 3.63) is 40.8 Å². The highest BCUT2D eigenvalue weighted by atomic mass is 32.2. The molecule has 0 unspecified atom stereocenters. The van der Waals surface area contributed by atoms with Crippen LogP contribution in [0.3, 0.4) is 0 Å². The van der Waals surface area contributed by atoms with E-state index < -0.39 is 15.9 Å². The Kier molecular flexibility index (Phi) is 3.84. The summed E-state index contributed by atoms with van der Waals surface area (Å²) in [5.74, 6) is -0.0285. The van der Waals surface area contributed by atoms with E-state index >= 15 is 0 Å². The molecule has 8 heteroatoms. The lowest BCUT2D eigenvalue weighted by atomic mass is 10.1. The first-order chi connectivity index (χ1) is 9.70. The zero-order valence-corrected chi connectivity index (χ0v) is 12.6. The lowest BCUT2D eigenvalue weighted by Crippen LogP contribution is -2.16. The van der Waals surface area contributed by atoms with E-state index in [1.807, 2.05) is 0 Å². The minimum absolute atomic E-state index is 0.0286. The number of nitrogens with one attached hydrogen (secondary N) is 1. The molecule has 21 heavy (non-hydrogen) atoms. The van der Waals surface area contributed by atoms with Gasteiger partial charge in [-0.2, -0.15) is 0 Å². The number of sulfonamides is 1. The first-order valence-corrected chi connectivity index (χ1v) is 7.62. The summed E-state index contributed by atoms with van der Waals surface area (Å²) in [5.41, 5.74) is 1.62. The molecule has 0 bridgehead atoms. The highest BCUT2D eigenvalue weighted by Gasteiger charge is 2.19. The first-order valence-electron chi connectivity index (χ1n) is 6.08. The fourth-order valence-corrected chi connectivity index (χ4v) is 2.79. The SMILES string of the molecule is Cc1ccc(NC(=O)c2c(C)noc2C)cc1S(N)(=O)=O. The molecule has 2 aromatic rings. The number of nitrogens with two attached hydrogens (primary N) is 1. The average Bonchev–Trinajstić information content (AvgIpc) is 2.70. The molecule has 0 spiro atoms. The second kappa shape index (κ2) is 5.30. The molecule has 0 atom stereocenters. The molecule has 2 rings (SSSR count). The molecule has 1 aromatic heterocycles. The van der Waals surface area contributed by atoms with Crippen LogP contribution in [0.5, 0.6) is 0 Å². The summed E-state index contributed by atoms with van der Waals surface area (Å²) in [7, 11) is -3.84. The minimum Gasteiger partial charge on any atom is -0.361 e. The number of carbonyl (C=O) groups is 1. The van der Waals surface area contributed by atoms with Gasteiger partial charge >= 0.3 is 0 Å². The van der Waals surface area contributed by atoms with Crippen LogP contribution in [-0.4, -0.2) is 19.5 Å². The number of aromatic nitrogens is 1. The molecule has 112 valence electrons. The van der Waals surface area contributed by atoms with Crippen LogP contribution < -0.4 is 10.5 Å². The standard InChI is InChI=1S/C13H15N3O4S/c1-7-4-5-10(6-11(7)21(14,18)19)15-13(17)12-8(2)16-20-9(12)3/h4-6H,1-3H3,(H,15,17)(H2,14,18,19). The van der Waals surface area contributed by atoms with Crippen LogP contribution in [0.25, 0.3) is 0 Å². The van der Waals surface area contributed by atoms with Crippen molar-refractivity contribution in [2.45, 2.75) is 25.7 Å². The second-order valence-corrected chi connectivity index (χ2v) is 6.21. The maximum Gasteiger partial charge on any atom is 0.261 e. The predicted octanol–water partition coefficient (Wildman–Crippen LogP) is 1.50. The van der Waals surface area contributed by atoms with Crippen LogP contribution in [0.15, 0.2) is 27.6 Å². The summed E-state index contributed by atoms with van der Waals surface area (Å²) >= 11 is 0. The molecular formula is C13H15N3O4S. The van der Waals surface area contributed by atoms with Gasteiger partial charge in [0.2, 0.25) is 10.0 Å². The highest BCUT2D eigenvalue weighted by molar-refractivity contribution is 7.89. The number of hydrogen-bond donors (Lipinski definition) is 2. The lowest BCUT2D eigenvalue weighted by Gasteiger charge is -2.08. The van der Waals surface area contributed by atoms with Crippen molar-refractivity contribution in [1.82, 2.24) is 5.16 Å². The first kappa shape index (κ1) is 15.2. The van der Waals surface area contributed by atoms with Gasteiger partial charge in [0.05, 0.1) is 10.6 Å². The van der Waals surface area contributed by atoms with Crippen LogP contribution in [0.4, 0.5) is 5.69 Å². The lowest BCUT2D eigenvalue weighted by molar-refractivity contribution is 0.102. The van der Waals surface area contributed by atoms with E-state index in [1.165, 1.54) is 6.07 Å². The van der Waals surface area contributed by atoms with Gasteiger partial charge in [0.25, 0.3) is 5.91 Å². The van der Waals surface area contributed by atoms with Crippen LogP contribution in [-0.2, 0) is 10.0 Å². The zero-order chi connectivity index (χ0) is 15.8. The number of anilines is 1. The molecular weight excluding hydrogens is 294 g/mol. The average molecular weight is 309 g/mol. The molecule has 0 radical (unpaired) electrons. The number of benzene rings is 1. The summed E-state index contributed by atoms with van der Waals surface area (Å²) < 4.78 is 27.9. The van der Waals surface area contributed by atoms with Crippen molar-refractivity contribution in [2.24, 2.45) is 5.14 Å². The number of nitrogens with zero attached hydrogens (tertiary/aromatic N) is 1. The van der Waals surface area contributed by atoms with Crippen molar-refractivity contribution in [1.29, 1.82) is 0 Å². The van der Waals surface area contributed by atoms with Crippen LogP contribution in [0, 0.1) is 20.8 Å².